The molecule has 1 aromatic carbocycles. The monoisotopic (exact) mass is 357 g/mol. The van der Waals surface area contributed by atoms with Gasteiger partial charge in [-0.15, -0.1) is 0 Å². The summed E-state index contributed by atoms with van der Waals surface area (Å²) in [5.74, 6) is -0.0795. The molecule has 1 fully saturated rings. The number of carbonyl (C=O) groups is 1. The average Bonchev–Trinajstić information content (AvgIpc) is 3.00. The molecule has 0 spiro atoms. The fourth-order valence-electron chi connectivity index (χ4n) is 2.63. The number of amides is 1. The van der Waals surface area contributed by atoms with Crippen molar-refractivity contribution in [3.8, 4) is 0 Å². The number of thioether (sulfide) groups is 1. The molecule has 6 heteroatoms. The summed E-state index contributed by atoms with van der Waals surface area (Å²) in [6, 6.07) is 12.1. The Morgan fingerprint density at radius 1 is 1.04 bits per heavy atom. The minimum absolute atomic E-state index is 0.0795. The zero-order valence-corrected chi connectivity index (χ0v) is 15.7. The van der Waals surface area contributed by atoms with Gasteiger partial charge in [-0.05, 0) is 62.0 Å². The van der Waals surface area contributed by atoms with Crippen molar-refractivity contribution < 1.29 is 4.79 Å². The highest BCUT2D eigenvalue weighted by atomic mass is 32.2. The quantitative estimate of drug-likeness (QED) is 0.618. The van der Waals surface area contributed by atoms with Crippen molar-refractivity contribution in [2.24, 2.45) is 0 Å². The summed E-state index contributed by atoms with van der Waals surface area (Å²) in [4.78, 5) is 15.5. The fourth-order valence-corrected chi connectivity index (χ4v) is 3.87. The third-order valence-electron chi connectivity index (χ3n) is 3.91. The predicted octanol–water partition coefficient (Wildman–Crippen LogP) is 3.71. The second-order valence-electron chi connectivity index (χ2n) is 5.91. The number of benzene rings is 1. The Balaban J connectivity index is 1.91. The first kappa shape index (κ1) is 16.8. The molecule has 1 amide bonds. The van der Waals surface area contributed by atoms with Gasteiger partial charge in [0.25, 0.3) is 5.91 Å². The maximum Gasteiger partial charge on any atom is 0.285 e. The molecule has 3 rings (SSSR count). The summed E-state index contributed by atoms with van der Waals surface area (Å²) in [5.41, 5.74) is 4.08. The van der Waals surface area contributed by atoms with Crippen LogP contribution >= 0.6 is 24.0 Å². The van der Waals surface area contributed by atoms with Gasteiger partial charge in [0.1, 0.15) is 0 Å². The summed E-state index contributed by atoms with van der Waals surface area (Å²) in [7, 11) is 4.00. The van der Waals surface area contributed by atoms with E-state index in [1.54, 1.807) is 5.01 Å². The van der Waals surface area contributed by atoms with Crippen molar-refractivity contribution in [3.63, 3.8) is 0 Å². The van der Waals surface area contributed by atoms with Crippen molar-refractivity contribution in [2.45, 2.75) is 13.8 Å². The Morgan fingerprint density at radius 3 is 2.17 bits per heavy atom. The number of thiocarbonyl (C=S) groups is 1. The van der Waals surface area contributed by atoms with Gasteiger partial charge in [0.2, 0.25) is 0 Å². The van der Waals surface area contributed by atoms with E-state index in [4.69, 9.17) is 12.2 Å². The highest BCUT2D eigenvalue weighted by Crippen LogP contribution is 2.32. The van der Waals surface area contributed by atoms with E-state index in [1.165, 1.54) is 11.8 Å². The van der Waals surface area contributed by atoms with Crippen molar-refractivity contribution >= 4 is 46.0 Å². The molecule has 1 aliphatic rings. The third kappa shape index (κ3) is 2.99. The molecule has 0 atom stereocenters. The van der Waals surface area contributed by atoms with E-state index >= 15 is 0 Å². The number of hydrogen-bond acceptors (Lipinski definition) is 4. The molecule has 4 nitrogen and oxygen atoms in total. The van der Waals surface area contributed by atoms with E-state index in [0.717, 1.165) is 22.6 Å². The number of aryl methyl sites for hydroxylation is 2. The molecule has 1 aliphatic heterocycles. The van der Waals surface area contributed by atoms with Crippen LogP contribution in [0.5, 0.6) is 0 Å². The molecule has 1 aromatic heterocycles. The van der Waals surface area contributed by atoms with Gasteiger partial charge in [-0.3, -0.25) is 9.47 Å². The van der Waals surface area contributed by atoms with E-state index in [1.807, 2.05) is 80.0 Å². The molecule has 0 bridgehead atoms. The topological polar surface area (TPSA) is 28.5 Å². The van der Waals surface area contributed by atoms with E-state index in [0.29, 0.717) is 9.23 Å². The van der Waals surface area contributed by atoms with Crippen molar-refractivity contribution in [3.05, 3.63) is 58.3 Å². The molecule has 124 valence electrons. The van der Waals surface area contributed by atoms with Crippen LogP contribution in [0, 0.1) is 13.8 Å². The molecule has 1 saturated heterocycles. The Hall–Kier alpha value is -2.05. The maximum absolute atomic E-state index is 12.8. The molecule has 0 radical (unpaired) electrons. The molecule has 0 aliphatic carbocycles. The normalized spacial score (nSPS) is 16.3. The third-order valence-corrected chi connectivity index (χ3v) is 5.20. The predicted molar refractivity (Wildman–Crippen MR) is 106 cm³/mol. The lowest BCUT2D eigenvalue weighted by atomic mass is 10.2. The number of anilines is 1. The number of hydrogen-bond donors (Lipinski definition) is 0. The first-order chi connectivity index (χ1) is 11.4. The van der Waals surface area contributed by atoms with Crippen LogP contribution in [0.3, 0.4) is 0 Å². The Kier molecular flexibility index (Phi) is 4.51. The second kappa shape index (κ2) is 6.45. The molecule has 24 heavy (non-hydrogen) atoms. The SMILES string of the molecule is Cc1ccc(C)n1N1C(=O)/C(=C\c2ccc(N(C)C)cc2)SC1=S. The van der Waals surface area contributed by atoms with Crippen molar-refractivity contribution in [1.82, 2.24) is 4.68 Å². The maximum atomic E-state index is 12.8. The number of carbonyl (C=O) groups excluding carboxylic acids is 1. The highest BCUT2D eigenvalue weighted by Gasteiger charge is 2.34. The van der Waals surface area contributed by atoms with Gasteiger partial charge in [0.05, 0.1) is 4.91 Å². The minimum Gasteiger partial charge on any atom is -0.378 e. The molecule has 0 saturated carbocycles. The molecular formula is C18H19N3OS2. The second-order valence-corrected chi connectivity index (χ2v) is 7.58. The fraction of sp³-hybridized carbons (Fsp3) is 0.222. The smallest absolute Gasteiger partial charge is 0.285 e. The number of nitrogens with zero attached hydrogens (tertiary/aromatic N) is 3. The molecular weight excluding hydrogens is 338 g/mol. The van der Waals surface area contributed by atoms with Crippen LogP contribution < -0.4 is 9.91 Å². The van der Waals surface area contributed by atoms with Gasteiger partial charge < -0.3 is 4.90 Å². The first-order valence-corrected chi connectivity index (χ1v) is 8.81. The lowest BCUT2D eigenvalue weighted by molar-refractivity contribution is -0.114. The Bertz CT molecular complexity index is 815. The first-order valence-electron chi connectivity index (χ1n) is 7.59. The van der Waals surface area contributed by atoms with Crippen LogP contribution in [0.15, 0.2) is 41.3 Å². The van der Waals surface area contributed by atoms with Crippen LogP contribution in [0.4, 0.5) is 5.69 Å². The molecule has 2 heterocycles. The van der Waals surface area contributed by atoms with E-state index in [2.05, 4.69) is 0 Å². The van der Waals surface area contributed by atoms with Gasteiger partial charge in [-0.2, -0.15) is 5.01 Å². The van der Waals surface area contributed by atoms with Gasteiger partial charge >= 0.3 is 0 Å². The lowest BCUT2D eigenvalue weighted by Crippen LogP contribution is -2.39. The number of aromatic nitrogens is 1. The summed E-state index contributed by atoms with van der Waals surface area (Å²) < 4.78 is 2.42. The van der Waals surface area contributed by atoms with E-state index in [-0.39, 0.29) is 5.91 Å². The van der Waals surface area contributed by atoms with Crippen molar-refractivity contribution in [1.29, 1.82) is 0 Å². The van der Waals surface area contributed by atoms with Gasteiger partial charge in [-0.25, -0.2) is 0 Å². The number of rotatable bonds is 3. The average molecular weight is 358 g/mol. The summed E-state index contributed by atoms with van der Waals surface area (Å²) in [5, 5.41) is 1.57. The van der Waals surface area contributed by atoms with Crippen LogP contribution in [0.1, 0.15) is 17.0 Å². The van der Waals surface area contributed by atoms with Crippen LogP contribution in [0.2, 0.25) is 0 Å². The zero-order valence-electron chi connectivity index (χ0n) is 14.1. The largest absolute Gasteiger partial charge is 0.378 e. The summed E-state index contributed by atoms with van der Waals surface area (Å²) >= 11 is 6.77. The van der Waals surface area contributed by atoms with Crippen molar-refractivity contribution in [2.75, 3.05) is 24.0 Å². The van der Waals surface area contributed by atoms with Gasteiger partial charge in [0.15, 0.2) is 4.32 Å². The molecule has 0 unspecified atom stereocenters. The summed E-state index contributed by atoms with van der Waals surface area (Å²) in [6.45, 7) is 3.94. The van der Waals surface area contributed by atoms with E-state index < -0.39 is 0 Å². The summed E-state index contributed by atoms with van der Waals surface area (Å²) in [6.07, 6.45) is 1.90. The lowest BCUT2D eigenvalue weighted by Gasteiger charge is -2.20. The Morgan fingerprint density at radius 2 is 1.62 bits per heavy atom. The Labute approximate surface area is 151 Å². The van der Waals surface area contributed by atoms with Crippen LogP contribution in [-0.2, 0) is 4.79 Å². The van der Waals surface area contributed by atoms with Crippen LogP contribution in [0.25, 0.3) is 6.08 Å². The van der Waals surface area contributed by atoms with Gasteiger partial charge in [0, 0.05) is 31.2 Å². The minimum atomic E-state index is -0.0795. The molecule has 2 aromatic rings. The zero-order chi connectivity index (χ0) is 17.4. The highest BCUT2D eigenvalue weighted by molar-refractivity contribution is 8.27. The van der Waals surface area contributed by atoms with E-state index in [9.17, 15) is 4.79 Å². The van der Waals surface area contributed by atoms with Crippen LogP contribution in [-0.4, -0.2) is 29.0 Å². The standard InChI is InChI=1S/C18H19N3OS2/c1-12-5-6-13(2)20(12)21-17(22)16(24-18(21)23)11-14-7-9-15(10-8-14)19(3)4/h5-11H,1-4H3/b16-11+. The van der Waals surface area contributed by atoms with Gasteiger partial charge in [-0.1, -0.05) is 23.9 Å². The molecule has 0 N–H and O–H groups in total.